The van der Waals surface area contributed by atoms with Gasteiger partial charge in [0.05, 0.1) is 0 Å². The highest BCUT2D eigenvalue weighted by molar-refractivity contribution is 5.74. The molecule has 1 fully saturated rings. The summed E-state index contributed by atoms with van der Waals surface area (Å²) in [6.45, 7) is 6.12. The Bertz CT molecular complexity index is 213. The van der Waals surface area contributed by atoms with Crippen LogP contribution in [0.5, 0.6) is 0 Å². The van der Waals surface area contributed by atoms with Gasteiger partial charge in [-0.05, 0) is 31.6 Å². The van der Waals surface area contributed by atoms with Gasteiger partial charge in [-0.25, -0.2) is 4.79 Å². The Labute approximate surface area is 98.0 Å². The van der Waals surface area contributed by atoms with Crippen molar-refractivity contribution < 1.29 is 9.90 Å². The molecule has 1 saturated heterocycles. The summed E-state index contributed by atoms with van der Waals surface area (Å²) in [5.74, 6) is 0.739. The minimum Gasteiger partial charge on any atom is -0.396 e. The zero-order valence-corrected chi connectivity index (χ0v) is 10.4. The van der Waals surface area contributed by atoms with Crippen molar-refractivity contribution in [2.75, 3.05) is 19.7 Å². The number of nitrogens with zero attached hydrogens (tertiary/aromatic N) is 1. The third-order valence-corrected chi connectivity index (χ3v) is 3.37. The molecule has 1 unspecified atom stereocenters. The summed E-state index contributed by atoms with van der Waals surface area (Å²) < 4.78 is 0. The molecular formula is C12H24N2O2. The number of urea groups is 1. The molecule has 1 aliphatic rings. The van der Waals surface area contributed by atoms with Crippen LogP contribution in [0.2, 0.25) is 0 Å². The molecule has 4 heteroatoms. The van der Waals surface area contributed by atoms with Crippen molar-refractivity contribution >= 4 is 6.03 Å². The van der Waals surface area contributed by atoms with E-state index in [9.17, 15) is 4.79 Å². The van der Waals surface area contributed by atoms with Gasteiger partial charge in [0, 0.05) is 25.7 Å². The van der Waals surface area contributed by atoms with Gasteiger partial charge in [-0.1, -0.05) is 13.8 Å². The maximum Gasteiger partial charge on any atom is 0.317 e. The van der Waals surface area contributed by atoms with E-state index in [1.54, 1.807) is 0 Å². The minimum absolute atomic E-state index is 0.0344. The highest BCUT2D eigenvalue weighted by Crippen LogP contribution is 2.16. The SMILES string of the molecule is CCC(CCO)NC(=O)N1CCC(C)CC1. The van der Waals surface area contributed by atoms with Crippen LogP contribution < -0.4 is 5.32 Å². The lowest BCUT2D eigenvalue weighted by molar-refractivity contribution is 0.167. The van der Waals surface area contributed by atoms with E-state index in [1.807, 2.05) is 11.8 Å². The standard InChI is InChI=1S/C12H24N2O2/c1-3-11(6-9-15)13-12(16)14-7-4-10(2)5-8-14/h10-11,15H,3-9H2,1-2H3,(H,13,16). The first-order chi connectivity index (χ1) is 7.67. The molecule has 1 heterocycles. The van der Waals surface area contributed by atoms with E-state index in [0.717, 1.165) is 38.3 Å². The Morgan fingerprint density at radius 1 is 1.50 bits per heavy atom. The van der Waals surface area contributed by atoms with E-state index in [4.69, 9.17) is 5.11 Å². The summed E-state index contributed by atoms with van der Waals surface area (Å²) in [6, 6.07) is 0.143. The van der Waals surface area contributed by atoms with Gasteiger partial charge >= 0.3 is 6.03 Å². The summed E-state index contributed by atoms with van der Waals surface area (Å²) in [7, 11) is 0. The van der Waals surface area contributed by atoms with Crippen molar-refractivity contribution in [3.8, 4) is 0 Å². The Hall–Kier alpha value is -0.770. The van der Waals surface area contributed by atoms with Crippen molar-refractivity contribution in [2.45, 2.75) is 45.6 Å². The number of likely N-dealkylation sites (tertiary alicyclic amines) is 1. The number of rotatable bonds is 4. The van der Waals surface area contributed by atoms with E-state index >= 15 is 0 Å². The highest BCUT2D eigenvalue weighted by atomic mass is 16.3. The summed E-state index contributed by atoms with van der Waals surface area (Å²) in [5, 5.41) is 11.8. The van der Waals surface area contributed by atoms with Crippen LogP contribution in [-0.4, -0.2) is 41.8 Å². The molecule has 0 spiro atoms. The van der Waals surface area contributed by atoms with Crippen LogP contribution in [0.3, 0.4) is 0 Å². The fourth-order valence-electron chi connectivity index (χ4n) is 2.01. The molecule has 0 bridgehead atoms. The van der Waals surface area contributed by atoms with Crippen LogP contribution in [0.4, 0.5) is 4.79 Å². The smallest absolute Gasteiger partial charge is 0.317 e. The number of aliphatic hydroxyl groups excluding tert-OH is 1. The number of aliphatic hydroxyl groups is 1. The number of piperidine rings is 1. The van der Waals surface area contributed by atoms with Gasteiger partial charge in [-0.3, -0.25) is 0 Å². The number of nitrogens with one attached hydrogen (secondary N) is 1. The molecule has 1 rings (SSSR count). The van der Waals surface area contributed by atoms with Crippen LogP contribution in [0.25, 0.3) is 0 Å². The Balaban J connectivity index is 2.33. The molecule has 94 valence electrons. The molecule has 0 radical (unpaired) electrons. The lowest BCUT2D eigenvalue weighted by Gasteiger charge is -2.31. The summed E-state index contributed by atoms with van der Waals surface area (Å²) in [6.07, 6.45) is 3.72. The Morgan fingerprint density at radius 2 is 2.12 bits per heavy atom. The summed E-state index contributed by atoms with van der Waals surface area (Å²) in [5.41, 5.74) is 0. The zero-order valence-electron chi connectivity index (χ0n) is 10.4. The van der Waals surface area contributed by atoms with Gasteiger partial charge in [0.25, 0.3) is 0 Å². The normalized spacial score (nSPS) is 19.6. The second-order valence-corrected chi connectivity index (χ2v) is 4.74. The Morgan fingerprint density at radius 3 is 2.62 bits per heavy atom. The number of hydrogen-bond acceptors (Lipinski definition) is 2. The third kappa shape index (κ3) is 4.00. The molecule has 2 N–H and O–H groups in total. The molecule has 1 atom stereocenters. The number of amides is 2. The number of carbonyl (C=O) groups is 1. The highest BCUT2D eigenvalue weighted by Gasteiger charge is 2.21. The monoisotopic (exact) mass is 228 g/mol. The fraction of sp³-hybridized carbons (Fsp3) is 0.917. The topological polar surface area (TPSA) is 52.6 Å². The van der Waals surface area contributed by atoms with Crippen molar-refractivity contribution in [3.63, 3.8) is 0 Å². The molecule has 0 saturated carbocycles. The van der Waals surface area contributed by atoms with Crippen molar-refractivity contribution in [1.82, 2.24) is 10.2 Å². The van der Waals surface area contributed by atoms with Crippen LogP contribution in [0.15, 0.2) is 0 Å². The minimum atomic E-state index is 0.0344. The van der Waals surface area contributed by atoms with Gasteiger partial charge in [-0.2, -0.15) is 0 Å². The molecule has 4 nitrogen and oxygen atoms in total. The van der Waals surface area contributed by atoms with Gasteiger partial charge in [0.1, 0.15) is 0 Å². The van der Waals surface area contributed by atoms with Crippen molar-refractivity contribution in [1.29, 1.82) is 0 Å². The molecule has 0 aliphatic carbocycles. The number of carbonyl (C=O) groups excluding carboxylic acids is 1. The summed E-state index contributed by atoms with van der Waals surface area (Å²) >= 11 is 0. The quantitative estimate of drug-likeness (QED) is 0.767. The molecule has 0 aromatic rings. The average Bonchev–Trinajstić information content (AvgIpc) is 2.29. The van der Waals surface area contributed by atoms with Crippen LogP contribution >= 0.6 is 0 Å². The predicted molar refractivity (Wildman–Crippen MR) is 64.3 cm³/mol. The van der Waals surface area contributed by atoms with Gasteiger partial charge in [0.2, 0.25) is 0 Å². The molecule has 0 aromatic heterocycles. The van der Waals surface area contributed by atoms with E-state index in [0.29, 0.717) is 6.42 Å². The van der Waals surface area contributed by atoms with Gasteiger partial charge in [0.15, 0.2) is 0 Å². The number of hydrogen-bond donors (Lipinski definition) is 2. The largest absolute Gasteiger partial charge is 0.396 e. The van der Waals surface area contributed by atoms with E-state index in [1.165, 1.54) is 0 Å². The lowest BCUT2D eigenvalue weighted by Crippen LogP contribution is -2.47. The van der Waals surface area contributed by atoms with Crippen LogP contribution in [-0.2, 0) is 0 Å². The Kier molecular flexibility index (Phi) is 5.60. The first-order valence-corrected chi connectivity index (χ1v) is 6.33. The maximum absolute atomic E-state index is 11.9. The van der Waals surface area contributed by atoms with E-state index in [2.05, 4.69) is 12.2 Å². The first kappa shape index (κ1) is 13.3. The second kappa shape index (κ2) is 6.74. The first-order valence-electron chi connectivity index (χ1n) is 6.33. The fourth-order valence-corrected chi connectivity index (χ4v) is 2.01. The van der Waals surface area contributed by atoms with Crippen molar-refractivity contribution in [2.24, 2.45) is 5.92 Å². The average molecular weight is 228 g/mol. The molecular weight excluding hydrogens is 204 g/mol. The third-order valence-electron chi connectivity index (χ3n) is 3.37. The van der Waals surface area contributed by atoms with E-state index in [-0.39, 0.29) is 18.7 Å². The maximum atomic E-state index is 11.9. The summed E-state index contributed by atoms with van der Waals surface area (Å²) in [4.78, 5) is 13.8. The molecule has 2 amide bonds. The zero-order chi connectivity index (χ0) is 12.0. The van der Waals surface area contributed by atoms with Crippen LogP contribution in [0, 0.1) is 5.92 Å². The molecule has 16 heavy (non-hydrogen) atoms. The van der Waals surface area contributed by atoms with Gasteiger partial charge in [-0.15, -0.1) is 0 Å². The van der Waals surface area contributed by atoms with Crippen LogP contribution in [0.1, 0.15) is 39.5 Å². The molecule has 0 aromatic carbocycles. The second-order valence-electron chi connectivity index (χ2n) is 4.74. The van der Waals surface area contributed by atoms with Crippen molar-refractivity contribution in [3.05, 3.63) is 0 Å². The van der Waals surface area contributed by atoms with E-state index < -0.39 is 0 Å². The predicted octanol–water partition coefficient (Wildman–Crippen LogP) is 1.59. The lowest BCUT2D eigenvalue weighted by atomic mass is 9.99. The van der Waals surface area contributed by atoms with Gasteiger partial charge < -0.3 is 15.3 Å². The molecule has 1 aliphatic heterocycles.